The van der Waals surface area contributed by atoms with E-state index >= 15 is 0 Å². The summed E-state index contributed by atoms with van der Waals surface area (Å²) in [5.41, 5.74) is 5.07. The number of rotatable bonds is 6. The number of amides is 1. The van der Waals surface area contributed by atoms with Crippen molar-refractivity contribution in [3.8, 4) is 28.4 Å². The monoisotopic (exact) mass is 496 g/mol. The van der Waals surface area contributed by atoms with E-state index in [4.69, 9.17) is 16.3 Å². The molecule has 0 aliphatic carbocycles. The molecule has 7 nitrogen and oxygen atoms in total. The third kappa shape index (κ3) is 4.99. The van der Waals surface area contributed by atoms with Gasteiger partial charge in [-0.15, -0.1) is 0 Å². The number of benzene rings is 3. The minimum Gasteiger partial charge on any atom is -0.504 e. The van der Waals surface area contributed by atoms with Crippen molar-refractivity contribution in [2.75, 3.05) is 7.11 Å². The normalized spacial score (nSPS) is 11.1. The Morgan fingerprint density at radius 2 is 1.89 bits per heavy atom. The van der Waals surface area contributed by atoms with E-state index in [0.29, 0.717) is 28.1 Å². The molecule has 1 heterocycles. The first kappa shape index (κ1) is 23.9. The number of phenolic OH excluding ortho intramolecular Hbond substituents is 1. The van der Waals surface area contributed by atoms with Gasteiger partial charge >= 0.3 is 0 Å². The van der Waals surface area contributed by atoms with Gasteiger partial charge in [0.25, 0.3) is 5.91 Å². The number of hydrogen-bond acceptors (Lipinski definition) is 5. The van der Waals surface area contributed by atoms with E-state index < -0.39 is 17.5 Å². The van der Waals surface area contributed by atoms with Crippen molar-refractivity contribution < 1.29 is 23.4 Å². The summed E-state index contributed by atoms with van der Waals surface area (Å²) in [5, 5.41) is 18.0. The molecule has 3 aromatic carbocycles. The second-order valence-electron chi connectivity index (χ2n) is 7.47. The molecule has 10 heteroatoms. The highest BCUT2D eigenvalue weighted by molar-refractivity contribution is 6.30. The van der Waals surface area contributed by atoms with Crippen molar-refractivity contribution in [2.45, 2.75) is 6.92 Å². The summed E-state index contributed by atoms with van der Waals surface area (Å²) < 4.78 is 33.8. The van der Waals surface area contributed by atoms with Gasteiger partial charge in [0.1, 0.15) is 11.6 Å². The van der Waals surface area contributed by atoms with Gasteiger partial charge in [-0.3, -0.25) is 4.79 Å². The van der Waals surface area contributed by atoms with Crippen LogP contribution in [0.15, 0.2) is 65.8 Å². The number of nitrogens with zero attached hydrogens (tertiary/aromatic N) is 3. The fourth-order valence-corrected chi connectivity index (χ4v) is 3.63. The van der Waals surface area contributed by atoms with Gasteiger partial charge in [0, 0.05) is 11.1 Å². The Balaban J connectivity index is 1.70. The molecule has 0 radical (unpaired) electrons. The topological polar surface area (TPSA) is 88.7 Å². The molecule has 0 atom stereocenters. The number of carbonyl (C=O) groups excluding carboxylic acids is 1. The predicted octanol–water partition coefficient (Wildman–Crippen LogP) is 5.26. The standard InChI is InChI=1S/C25H19ClF2N4O3/c1-14-23(25(34)30-29-13-15-3-10-21(33)22(11-15)35-2)31-32(18-8-9-20(28)19(26)12-18)24(14)16-4-6-17(27)7-5-16/h3-13,33H,1-2H3,(H,30,34)/b29-13+. The molecule has 0 unspecified atom stereocenters. The van der Waals surface area contributed by atoms with Crippen LogP contribution in [0.5, 0.6) is 11.5 Å². The van der Waals surface area contributed by atoms with Crippen LogP contribution in [0.4, 0.5) is 8.78 Å². The van der Waals surface area contributed by atoms with Gasteiger partial charge in [-0.05, 0) is 73.2 Å². The van der Waals surface area contributed by atoms with Gasteiger partial charge < -0.3 is 9.84 Å². The van der Waals surface area contributed by atoms with Crippen LogP contribution in [0.3, 0.4) is 0 Å². The average Bonchev–Trinajstić information content (AvgIpc) is 3.19. The van der Waals surface area contributed by atoms with Crippen molar-refractivity contribution >= 4 is 23.7 Å². The highest BCUT2D eigenvalue weighted by atomic mass is 35.5. The summed E-state index contributed by atoms with van der Waals surface area (Å²) >= 11 is 5.96. The third-order valence-electron chi connectivity index (χ3n) is 5.19. The van der Waals surface area contributed by atoms with E-state index in [1.807, 2.05) is 0 Å². The Kier molecular flexibility index (Phi) is 6.79. The van der Waals surface area contributed by atoms with E-state index in [1.165, 1.54) is 54.4 Å². The summed E-state index contributed by atoms with van der Waals surface area (Å²) in [7, 11) is 1.42. The maximum Gasteiger partial charge on any atom is 0.292 e. The number of hydrogen-bond donors (Lipinski definition) is 2. The molecule has 1 amide bonds. The molecule has 4 rings (SSSR count). The predicted molar refractivity (Wildman–Crippen MR) is 128 cm³/mol. The highest BCUT2D eigenvalue weighted by Gasteiger charge is 2.22. The van der Waals surface area contributed by atoms with E-state index in [-0.39, 0.29) is 22.2 Å². The van der Waals surface area contributed by atoms with Crippen molar-refractivity contribution in [3.05, 3.63) is 94.1 Å². The van der Waals surface area contributed by atoms with Crippen molar-refractivity contribution in [1.29, 1.82) is 0 Å². The Morgan fingerprint density at radius 3 is 2.57 bits per heavy atom. The molecule has 1 aromatic heterocycles. The average molecular weight is 497 g/mol. The lowest BCUT2D eigenvalue weighted by Crippen LogP contribution is -2.19. The Hall–Kier alpha value is -4.24. The maximum absolute atomic E-state index is 13.7. The number of nitrogens with one attached hydrogen (secondary N) is 1. The second kappa shape index (κ2) is 9.94. The number of methoxy groups -OCH3 is 1. The van der Waals surface area contributed by atoms with Crippen LogP contribution in [0.2, 0.25) is 5.02 Å². The Morgan fingerprint density at radius 1 is 1.14 bits per heavy atom. The molecule has 0 fully saturated rings. The molecule has 0 bridgehead atoms. The number of aromatic hydroxyl groups is 1. The van der Waals surface area contributed by atoms with Crippen LogP contribution in [-0.2, 0) is 0 Å². The highest BCUT2D eigenvalue weighted by Crippen LogP contribution is 2.30. The lowest BCUT2D eigenvalue weighted by molar-refractivity contribution is 0.0949. The summed E-state index contributed by atoms with van der Waals surface area (Å²) in [6, 6.07) is 14.3. The molecule has 0 aliphatic heterocycles. The van der Waals surface area contributed by atoms with Crippen molar-refractivity contribution in [3.63, 3.8) is 0 Å². The third-order valence-corrected chi connectivity index (χ3v) is 5.48. The molecular formula is C25H19ClF2N4O3. The fraction of sp³-hybridized carbons (Fsp3) is 0.0800. The van der Waals surface area contributed by atoms with Gasteiger partial charge in [-0.1, -0.05) is 11.6 Å². The van der Waals surface area contributed by atoms with E-state index in [1.54, 1.807) is 31.2 Å². The first-order valence-corrected chi connectivity index (χ1v) is 10.7. The van der Waals surface area contributed by atoms with Crippen LogP contribution in [0.25, 0.3) is 16.9 Å². The number of phenols is 1. The van der Waals surface area contributed by atoms with Crippen molar-refractivity contribution in [1.82, 2.24) is 15.2 Å². The van der Waals surface area contributed by atoms with Crippen LogP contribution < -0.4 is 10.2 Å². The Bertz CT molecular complexity index is 1440. The van der Waals surface area contributed by atoms with Crippen LogP contribution in [0, 0.1) is 18.6 Å². The lowest BCUT2D eigenvalue weighted by atomic mass is 10.1. The number of halogens is 3. The van der Waals surface area contributed by atoms with Crippen LogP contribution in [0.1, 0.15) is 21.6 Å². The molecule has 178 valence electrons. The minimum absolute atomic E-state index is 0.0240. The van der Waals surface area contributed by atoms with E-state index in [0.717, 1.165) is 0 Å². The van der Waals surface area contributed by atoms with Gasteiger partial charge in [0.2, 0.25) is 0 Å². The van der Waals surface area contributed by atoms with Gasteiger partial charge in [-0.25, -0.2) is 18.9 Å². The van der Waals surface area contributed by atoms with Crippen LogP contribution >= 0.6 is 11.6 Å². The SMILES string of the molecule is COc1cc(/C=N/NC(=O)c2nn(-c3ccc(F)c(Cl)c3)c(-c3ccc(F)cc3)c2C)ccc1O. The quantitative estimate of drug-likeness (QED) is 0.281. The zero-order valence-corrected chi connectivity index (χ0v) is 19.3. The molecule has 0 saturated heterocycles. The first-order chi connectivity index (χ1) is 16.8. The molecule has 2 N–H and O–H groups in total. The number of ether oxygens (including phenoxy) is 1. The largest absolute Gasteiger partial charge is 0.504 e. The minimum atomic E-state index is -0.597. The molecule has 4 aromatic rings. The lowest BCUT2D eigenvalue weighted by Gasteiger charge is -2.09. The zero-order chi connectivity index (χ0) is 25.1. The maximum atomic E-state index is 13.7. The molecule has 0 spiro atoms. The second-order valence-corrected chi connectivity index (χ2v) is 7.88. The molecule has 0 saturated carbocycles. The molecule has 35 heavy (non-hydrogen) atoms. The number of carbonyl (C=O) groups is 1. The van der Waals surface area contributed by atoms with Gasteiger partial charge in [0.15, 0.2) is 17.2 Å². The Labute approximate surface area is 204 Å². The first-order valence-electron chi connectivity index (χ1n) is 10.3. The van der Waals surface area contributed by atoms with Crippen LogP contribution in [-0.4, -0.2) is 34.1 Å². The summed E-state index contributed by atoms with van der Waals surface area (Å²) in [6.45, 7) is 1.69. The van der Waals surface area contributed by atoms with Gasteiger partial charge in [-0.2, -0.15) is 10.2 Å². The summed E-state index contributed by atoms with van der Waals surface area (Å²) in [5.74, 6) is -1.37. The molecule has 0 aliphatic rings. The van der Waals surface area contributed by atoms with E-state index in [9.17, 15) is 18.7 Å². The fourth-order valence-electron chi connectivity index (χ4n) is 3.45. The summed E-state index contributed by atoms with van der Waals surface area (Å²) in [6.07, 6.45) is 1.38. The van der Waals surface area contributed by atoms with Crippen molar-refractivity contribution in [2.24, 2.45) is 5.10 Å². The number of hydrazone groups is 1. The van der Waals surface area contributed by atoms with E-state index in [2.05, 4.69) is 15.6 Å². The number of aromatic nitrogens is 2. The summed E-state index contributed by atoms with van der Waals surface area (Å²) in [4.78, 5) is 12.9. The molecular weight excluding hydrogens is 478 g/mol. The van der Waals surface area contributed by atoms with Gasteiger partial charge in [0.05, 0.1) is 29.7 Å². The zero-order valence-electron chi connectivity index (χ0n) is 18.6. The smallest absolute Gasteiger partial charge is 0.292 e.